The van der Waals surface area contributed by atoms with Gasteiger partial charge < -0.3 is 15.4 Å². The average molecular weight is 305 g/mol. The first-order chi connectivity index (χ1) is 9.62. The number of aromatic nitrogens is 1. The Morgan fingerprint density at radius 1 is 1.43 bits per heavy atom. The van der Waals surface area contributed by atoms with Crippen molar-refractivity contribution in [2.24, 2.45) is 5.73 Å². The second-order valence-electron chi connectivity index (χ2n) is 4.77. The van der Waals surface area contributed by atoms with Crippen LogP contribution in [0.3, 0.4) is 0 Å². The Balaban J connectivity index is 3.03. The van der Waals surface area contributed by atoms with E-state index in [0.717, 1.165) is 12.1 Å². The zero-order valence-electron chi connectivity index (χ0n) is 12.1. The molecule has 118 valence electrons. The predicted octanol–water partition coefficient (Wildman–Crippen LogP) is 2.06. The minimum absolute atomic E-state index is 0.00322. The number of amides is 1. The molecule has 5 nitrogen and oxygen atoms in total. The van der Waals surface area contributed by atoms with Crippen molar-refractivity contribution >= 4 is 11.7 Å². The summed E-state index contributed by atoms with van der Waals surface area (Å²) in [7, 11) is 1.53. The van der Waals surface area contributed by atoms with Gasteiger partial charge in [-0.3, -0.25) is 4.79 Å². The second kappa shape index (κ2) is 6.75. The molecule has 0 aliphatic carbocycles. The number of nitrogens with two attached hydrogens (primary N) is 1. The third kappa shape index (κ3) is 4.89. The monoisotopic (exact) mass is 305 g/mol. The summed E-state index contributed by atoms with van der Waals surface area (Å²) < 4.78 is 43.4. The highest BCUT2D eigenvalue weighted by atomic mass is 19.4. The van der Waals surface area contributed by atoms with E-state index >= 15 is 0 Å². The summed E-state index contributed by atoms with van der Waals surface area (Å²) >= 11 is 0. The van der Waals surface area contributed by atoms with Crippen molar-refractivity contribution < 1.29 is 22.7 Å². The lowest BCUT2D eigenvalue weighted by molar-refractivity contribution is -0.141. The number of rotatable bonds is 6. The molecule has 0 radical (unpaired) electrons. The highest BCUT2D eigenvalue weighted by Crippen LogP contribution is 2.30. The van der Waals surface area contributed by atoms with E-state index in [2.05, 4.69) is 4.98 Å². The van der Waals surface area contributed by atoms with Crippen molar-refractivity contribution in [3.63, 3.8) is 0 Å². The molecule has 1 aromatic heterocycles. The van der Waals surface area contributed by atoms with Crippen molar-refractivity contribution in [2.45, 2.75) is 26.1 Å². The van der Waals surface area contributed by atoms with Gasteiger partial charge in [0.15, 0.2) is 0 Å². The van der Waals surface area contributed by atoms with Crippen molar-refractivity contribution in [2.75, 3.05) is 25.1 Å². The lowest BCUT2D eigenvalue weighted by Crippen LogP contribution is -2.28. The summed E-state index contributed by atoms with van der Waals surface area (Å²) in [4.78, 5) is 16.2. The van der Waals surface area contributed by atoms with Gasteiger partial charge in [0.05, 0.1) is 18.3 Å². The van der Waals surface area contributed by atoms with E-state index in [1.165, 1.54) is 11.9 Å². The Bertz CT molecular complexity index is 504. The van der Waals surface area contributed by atoms with E-state index in [4.69, 9.17) is 10.5 Å². The molecule has 2 N–H and O–H groups in total. The summed E-state index contributed by atoms with van der Waals surface area (Å²) in [6.07, 6.45) is -4.58. The largest absolute Gasteiger partial charge is 0.433 e. The van der Waals surface area contributed by atoms with Crippen LogP contribution in [0.25, 0.3) is 0 Å². The van der Waals surface area contributed by atoms with Gasteiger partial charge in [0.1, 0.15) is 11.5 Å². The van der Waals surface area contributed by atoms with Crippen LogP contribution in [0.4, 0.5) is 19.0 Å². The van der Waals surface area contributed by atoms with Crippen molar-refractivity contribution in [1.82, 2.24) is 4.98 Å². The summed E-state index contributed by atoms with van der Waals surface area (Å²) in [6.45, 7) is 4.27. The van der Waals surface area contributed by atoms with Crippen LogP contribution in [0.1, 0.15) is 29.9 Å². The number of pyridine rings is 1. The normalized spacial score (nSPS) is 11.8. The van der Waals surface area contributed by atoms with Crippen LogP contribution in [-0.4, -0.2) is 37.2 Å². The van der Waals surface area contributed by atoms with Crippen LogP contribution in [0.5, 0.6) is 0 Å². The molecule has 0 bridgehead atoms. The first-order valence-electron chi connectivity index (χ1n) is 6.33. The summed E-state index contributed by atoms with van der Waals surface area (Å²) in [5, 5.41) is 0. The molecule has 0 aromatic carbocycles. The number of alkyl halides is 3. The first kappa shape index (κ1) is 17.2. The number of likely N-dealkylation sites (N-methyl/N-ethyl adjacent to an activating group) is 1. The molecular weight excluding hydrogens is 287 g/mol. The van der Waals surface area contributed by atoms with Crippen molar-refractivity contribution in [3.05, 3.63) is 23.4 Å². The molecule has 1 aromatic rings. The Morgan fingerprint density at radius 2 is 2.05 bits per heavy atom. The van der Waals surface area contributed by atoms with E-state index in [1.807, 2.05) is 13.8 Å². The van der Waals surface area contributed by atoms with Gasteiger partial charge in [-0.15, -0.1) is 0 Å². The summed E-state index contributed by atoms with van der Waals surface area (Å²) in [5.74, 6) is -0.937. The molecule has 0 spiro atoms. The lowest BCUT2D eigenvalue weighted by atomic mass is 10.2. The fourth-order valence-corrected chi connectivity index (χ4v) is 1.62. The third-order valence-corrected chi connectivity index (χ3v) is 2.67. The zero-order chi connectivity index (χ0) is 16.2. The van der Waals surface area contributed by atoms with Gasteiger partial charge in [-0.1, -0.05) is 0 Å². The fraction of sp³-hybridized carbons (Fsp3) is 0.538. The molecule has 1 rings (SSSR count). The van der Waals surface area contributed by atoms with Crippen LogP contribution in [0, 0.1) is 0 Å². The predicted molar refractivity (Wildman–Crippen MR) is 72.1 cm³/mol. The molecule has 0 atom stereocenters. The van der Waals surface area contributed by atoms with E-state index in [9.17, 15) is 18.0 Å². The molecular formula is C13H18F3N3O2. The maximum Gasteiger partial charge on any atom is 0.433 e. The van der Waals surface area contributed by atoms with Crippen LogP contribution in [0.15, 0.2) is 12.1 Å². The highest BCUT2D eigenvalue weighted by Gasteiger charge is 2.33. The number of anilines is 1. The minimum Gasteiger partial charge on any atom is -0.377 e. The molecule has 1 heterocycles. The molecule has 0 aliphatic rings. The molecule has 0 aliphatic heterocycles. The van der Waals surface area contributed by atoms with Gasteiger partial charge in [0.25, 0.3) is 5.91 Å². The van der Waals surface area contributed by atoms with Crippen LogP contribution in [-0.2, 0) is 10.9 Å². The molecule has 0 saturated carbocycles. The number of ether oxygens (including phenoxy) is 1. The quantitative estimate of drug-likeness (QED) is 0.873. The average Bonchev–Trinajstić information content (AvgIpc) is 2.36. The third-order valence-electron chi connectivity index (χ3n) is 2.67. The maximum atomic E-state index is 12.7. The molecule has 0 unspecified atom stereocenters. The smallest absolute Gasteiger partial charge is 0.377 e. The summed E-state index contributed by atoms with van der Waals surface area (Å²) in [6, 6.07) is 1.77. The number of hydrogen-bond donors (Lipinski definition) is 1. The number of carbonyl (C=O) groups is 1. The summed E-state index contributed by atoms with van der Waals surface area (Å²) in [5.41, 5.74) is 4.04. The van der Waals surface area contributed by atoms with E-state index < -0.39 is 17.8 Å². The highest BCUT2D eigenvalue weighted by molar-refractivity contribution is 5.97. The van der Waals surface area contributed by atoms with E-state index in [-0.39, 0.29) is 24.0 Å². The Morgan fingerprint density at radius 3 is 2.52 bits per heavy atom. The van der Waals surface area contributed by atoms with E-state index in [1.54, 1.807) is 0 Å². The number of primary amides is 1. The second-order valence-corrected chi connectivity index (χ2v) is 4.77. The number of hydrogen-bond acceptors (Lipinski definition) is 4. The number of carbonyl (C=O) groups excluding carboxylic acids is 1. The van der Waals surface area contributed by atoms with Crippen LogP contribution >= 0.6 is 0 Å². The van der Waals surface area contributed by atoms with Gasteiger partial charge in [-0.25, -0.2) is 4.98 Å². The maximum absolute atomic E-state index is 12.7. The minimum atomic E-state index is -4.58. The van der Waals surface area contributed by atoms with Gasteiger partial charge in [0, 0.05) is 13.6 Å². The Labute approximate surface area is 120 Å². The molecule has 0 saturated heterocycles. The first-order valence-corrected chi connectivity index (χ1v) is 6.33. The Hall–Kier alpha value is -1.83. The molecule has 0 fully saturated rings. The number of halogens is 3. The SMILES string of the molecule is CC(C)OCCN(C)c1nc(C(F)(F)F)ccc1C(N)=O. The van der Waals surface area contributed by atoms with Crippen LogP contribution < -0.4 is 10.6 Å². The van der Waals surface area contributed by atoms with Crippen molar-refractivity contribution in [1.29, 1.82) is 0 Å². The standard InChI is InChI=1S/C13H18F3N3O2/c1-8(2)21-7-6-19(3)12-9(11(17)20)4-5-10(18-12)13(14,15)16/h4-5,8H,6-7H2,1-3H3,(H2,17,20). The van der Waals surface area contributed by atoms with Crippen molar-refractivity contribution in [3.8, 4) is 0 Å². The van der Waals surface area contributed by atoms with Gasteiger partial charge in [-0.2, -0.15) is 13.2 Å². The van der Waals surface area contributed by atoms with Gasteiger partial charge in [0.2, 0.25) is 0 Å². The van der Waals surface area contributed by atoms with Crippen LogP contribution in [0.2, 0.25) is 0 Å². The lowest BCUT2D eigenvalue weighted by Gasteiger charge is -2.22. The molecule has 1 amide bonds. The fourth-order valence-electron chi connectivity index (χ4n) is 1.62. The van der Waals surface area contributed by atoms with E-state index in [0.29, 0.717) is 6.61 Å². The molecule has 8 heteroatoms. The molecule has 21 heavy (non-hydrogen) atoms. The Kier molecular flexibility index (Phi) is 5.54. The topological polar surface area (TPSA) is 68.4 Å². The van der Waals surface area contributed by atoms with Gasteiger partial charge >= 0.3 is 6.18 Å². The van der Waals surface area contributed by atoms with Gasteiger partial charge in [-0.05, 0) is 26.0 Å². The number of nitrogens with zero attached hydrogens (tertiary/aromatic N) is 2. The zero-order valence-corrected chi connectivity index (χ0v) is 12.1.